The van der Waals surface area contributed by atoms with Gasteiger partial charge in [-0.05, 0) is 13.3 Å². The molecule has 0 saturated heterocycles. The van der Waals surface area contributed by atoms with Gasteiger partial charge < -0.3 is 9.84 Å². The molecule has 0 aromatic rings. The minimum absolute atomic E-state index is 0.0175. The molecule has 0 aromatic carbocycles. The zero-order chi connectivity index (χ0) is 9.56. The summed E-state index contributed by atoms with van der Waals surface area (Å²) in [5.74, 6) is -1.71. The highest BCUT2D eigenvalue weighted by molar-refractivity contribution is 5.94. The zero-order valence-corrected chi connectivity index (χ0v) is 7.16. The van der Waals surface area contributed by atoms with Gasteiger partial charge in [-0.1, -0.05) is 6.92 Å². The molecule has 0 radical (unpaired) electrons. The molecule has 12 heavy (non-hydrogen) atoms. The summed E-state index contributed by atoms with van der Waals surface area (Å²) in [6, 6.07) is 0. The maximum absolute atomic E-state index is 10.8. The zero-order valence-electron chi connectivity index (χ0n) is 7.16. The van der Waals surface area contributed by atoms with Crippen LogP contribution in [0, 0.1) is 0 Å². The number of carboxylic acids is 1. The molecule has 0 saturated carbocycles. The van der Waals surface area contributed by atoms with Crippen molar-refractivity contribution in [3.05, 3.63) is 11.6 Å². The Labute approximate surface area is 70.8 Å². The Bertz CT molecular complexity index is 205. The van der Waals surface area contributed by atoms with Crippen molar-refractivity contribution in [3.8, 4) is 0 Å². The van der Waals surface area contributed by atoms with Crippen molar-refractivity contribution >= 4 is 11.9 Å². The van der Waals surface area contributed by atoms with E-state index in [1.807, 2.05) is 6.92 Å². The van der Waals surface area contributed by atoms with Crippen LogP contribution in [0.25, 0.3) is 0 Å². The number of aliphatic carboxylic acids is 1. The van der Waals surface area contributed by atoms with E-state index in [4.69, 9.17) is 5.11 Å². The first-order chi connectivity index (χ1) is 5.57. The van der Waals surface area contributed by atoms with Crippen molar-refractivity contribution in [2.24, 2.45) is 0 Å². The van der Waals surface area contributed by atoms with Crippen LogP contribution >= 0.6 is 0 Å². The van der Waals surface area contributed by atoms with Gasteiger partial charge in [-0.2, -0.15) is 0 Å². The van der Waals surface area contributed by atoms with Crippen LogP contribution in [0.4, 0.5) is 0 Å². The predicted molar refractivity (Wildman–Crippen MR) is 42.6 cm³/mol. The van der Waals surface area contributed by atoms with Crippen LogP contribution in [0.5, 0.6) is 0 Å². The molecule has 0 amide bonds. The van der Waals surface area contributed by atoms with Gasteiger partial charge in [0.15, 0.2) is 0 Å². The number of carbonyl (C=O) groups excluding carboxylic acids is 1. The van der Waals surface area contributed by atoms with Gasteiger partial charge in [0.25, 0.3) is 0 Å². The first kappa shape index (κ1) is 10.7. The summed E-state index contributed by atoms with van der Waals surface area (Å²) in [6.07, 6.45) is 1.70. The first-order valence-electron chi connectivity index (χ1n) is 3.66. The van der Waals surface area contributed by atoms with Crippen molar-refractivity contribution in [1.82, 2.24) is 0 Å². The van der Waals surface area contributed by atoms with Gasteiger partial charge in [-0.3, -0.25) is 0 Å². The molecule has 4 heteroatoms. The molecule has 68 valence electrons. The molecule has 0 fully saturated rings. The van der Waals surface area contributed by atoms with E-state index in [-0.39, 0.29) is 5.57 Å². The number of ether oxygens (including phenoxy) is 1. The van der Waals surface area contributed by atoms with Gasteiger partial charge in [0.05, 0.1) is 6.61 Å². The van der Waals surface area contributed by atoms with E-state index in [2.05, 4.69) is 4.74 Å². The second kappa shape index (κ2) is 5.35. The Morgan fingerprint density at radius 1 is 1.50 bits per heavy atom. The second-order valence-corrected chi connectivity index (χ2v) is 2.30. The van der Waals surface area contributed by atoms with E-state index in [1.165, 1.54) is 6.92 Å². The monoisotopic (exact) mass is 172 g/mol. The quantitative estimate of drug-likeness (QED) is 0.507. The molecule has 0 aliphatic heterocycles. The summed E-state index contributed by atoms with van der Waals surface area (Å²) in [4.78, 5) is 21.0. The lowest BCUT2D eigenvalue weighted by Crippen LogP contribution is -2.05. The van der Waals surface area contributed by atoms with Gasteiger partial charge in [0.2, 0.25) is 0 Å². The van der Waals surface area contributed by atoms with Crippen LogP contribution < -0.4 is 0 Å². The van der Waals surface area contributed by atoms with E-state index in [1.54, 1.807) is 0 Å². The Hall–Kier alpha value is -1.32. The topological polar surface area (TPSA) is 63.6 Å². The average Bonchev–Trinajstić information content (AvgIpc) is 2.00. The molecule has 0 aliphatic rings. The number of carboxylic acid groups (broad SMARTS) is 1. The Morgan fingerprint density at radius 3 is 2.50 bits per heavy atom. The van der Waals surface area contributed by atoms with Gasteiger partial charge in [-0.25, -0.2) is 9.59 Å². The Balaban J connectivity index is 3.97. The summed E-state index contributed by atoms with van der Waals surface area (Å²) in [5.41, 5.74) is -0.0175. The third kappa shape index (κ3) is 4.49. The molecule has 0 rings (SSSR count). The molecule has 4 nitrogen and oxygen atoms in total. The summed E-state index contributed by atoms with van der Waals surface area (Å²) in [7, 11) is 0. The normalized spacial score (nSPS) is 11.0. The third-order valence-electron chi connectivity index (χ3n) is 1.12. The lowest BCUT2D eigenvalue weighted by Gasteiger charge is -1.97. The number of esters is 1. The molecule has 0 unspecified atom stereocenters. The molecule has 0 spiro atoms. The standard InChI is InChI=1S/C8H12O4/c1-3-4-12-7(9)5-6(2)8(10)11/h5H,3-4H2,1-2H3,(H,10,11). The molecule has 0 heterocycles. The molecular weight excluding hydrogens is 160 g/mol. The van der Waals surface area contributed by atoms with E-state index in [9.17, 15) is 9.59 Å². The fraction of sp³-hybridized carbons (Fsp3) is 0.500. The Kier molecular flexibility index (Phi) is 4.76. The number of hydrogen-bond acceptors (Lipinski definition) is 3. The molecule has 1 N–H and O–H groups in total. The molecule has 0 bridgehead atoms. The average molecular weight is 172 g/mol. The maximum Gasteiger partial charge on any atom is 0.331 e. The van der Waals surface area contributed by atoms with Crippen LogP contribution in [-0.4, -0.2) is 23.7 Å². The van der Waals surface area contributed by atoms with Crippen LogP contribution in [0.2, 0.25) is 0 Å². The lowest BCUT2D eigenvalue weighted by molar-refractivity contribution is -0.139. The smallest absolute Gasteiger partial charge is 0.331 e. The van der Waals surface area contributed by atoms with E-state index in [0.717, 1.165) is 12.5 Å². The lowest BCUT2D eigenvalue weighted by atomic mass is 10.3. The number of hydrogen-bond donors (Lipinski definition) is 1. The minimum atomic E-state index is -1.11. The maximum atomic E-state index is 10.8. The van der Waals surface area contributed by atoms with Gasteiger partial charge >= 0.3 is 11.9 Å². The first-order valence-corrected chi connectivity index (χ1v) is 3.66. The highest BCUT2D eigenvalue weighted by Crippen LogP contribution is 1.93. The van der Waals surface area contributed by atoms with Crippen molar-refractivity contribution in [2.45, 2.75) is 20.3 Å². The third-order valence-corrected chi connectivity index (χ3v) is 1.12. The molecule has 0 aromatic heterocycles. The number of rotatable bonds is 4. The van der Waals surface area contributed by atoms with Crippen LogP contribution in [0.1, 0.15) is 20.3 Å². The highest BCUT2D eigenvalue weighted by Gasteiger charge is 2.03. The summed E-state index contributed by atoms with van der Waals surface area (Å²) >= 11 is 0. The highest BCUT2D eigenvalue weighted by atomic mass is 16.5. The fourth-order valence-electron chi connectivity index (χ4n) is 0.483. The van der Waals surface area contributed by atoms with Crippen molar-refractivity contribution in [3.63, 3.8) is 0 Å². The van der Waals surface area contributed by atoms with Crippen molar-refractivity contribution in [2.75, 3.05) is 6.61 Å². The van der Waals surface area contributed by atoms with Crippen molar-refractivity contribution in [1.29, 1.82) is 0 Å². The second-order valence-electron chi connectivity index (χ2n) is 2.30. The van der Waals surface area contributed by atoms with Gasteiger partial charge in [0, 0.05) is 11.6 Å². The summed E-state index contributed by atoms with van der Waals surface area (Å²) in [6.45, 7) is 3.53. The predicted octanol–water partition coefficient (Wildman–Crippen LogP) is 0.970. The van der Waals surface area contributed by atoms with Crippen LogP contribution in [0.15, 0.2) is 11.6 Å². The largest absolute Gasteiger partial charge is 0.478 e. The molecule has 0 aliphatic carbocycles. The van der Waals surface area contributed by atoms with Crippen LogP contribution in [-0.2, 0) is 14.3 Å². The van der Waals surface area contributed by atoms with Gasteiger partial charge in [0.1, 0.15) is 0 Å². The Morgan fingerprint density at radius 2 is 2.08 bits per heavy atom. The van der Waals surface area contributed by atoms with E-state index in [0.29, 0.717) is 6.61 Å². The van der Waals surface area contributed by atoms with E-state index >= 15 is 0 Å². The summed E-state index contributed by atoms with van der Waals surface area (Å²) < 4.78 is 4.63. The molecule has 0 atom stereocenters. The fourth-order valence-corrected chi connectivity index (χ4v) is 0.483. The van der Waals surface area contributed by atoms with Gasteiger partial charge in [-0.15, -0.1) is 0 Å². The number of carbonyl (C=O) groups is 2. The SMILES string of the molecule is CCCOC(=O)C=C(C)C(=O)O. The molecular formula is C8H12O4. The van der Waals surface area contributed by atoms with Crippen molar-refractivity contribution < 1.29 is 19.4 Å². The van der Waals surface area contributed by atoms with E-state index < -0.39 is 11.9 Å². The minimum Gasteiger partial charge on any atom is -0.478 e. The van der Waals surface area contributed by atoms with Crippen LogP contribution in [0.3, 0.4) is 0 Å². The summed E-state index contributed by atoms with van der Waals surface area (Å²) in [5, 5.41) is 8.38.